The predicted molar refractivity (Wildman–Crippen MR) is 117 cm³/mol. The molecule has 0 bridgehead atoms. The molecule has 0 radical (unpaired) electrons. The first-order valence-electron chi connectivity index (χ1n) is 9.23. The largest absolute Gasteiger partial charge is 1.00 e. The first-order valence-corrected chi connectivity index (χ1v) is 9.23. The van der Waals surface area contributed by atoms with Crippen LogP contribution in [0.5, 0.6) is 5.75 Å². The molecule has 0 unspecified atom stereocenters. The van der Waals surface area contributed by atoms with Crippen LogP contribution in [0, 0.1) is 38.2 Å². The average Bonchev–Trinajstić information content (AvgIpc) is 2.71. The Morgan fingerprint density at radius 2 is 2.03 bits per heavy atom. The van der Waals surface area contributed by atoms with E-state index in [0.29, 0.717) is 18.6 Å². The maximum Gasteiger partial charge on any atom is 1.00 e. The van der Waals surface area contributed by atoms with Crippen LogP contribution < -0.4 is 56.1 Å². The number of allylic oxidation sites excluding steroid dienone is 1. The van der Waals surface area contributed by atoms with Gasteiger partial charge in [0.1, 0.15) is 0 Å². The number of rotatable bonds is 9. The Labute approximate surface area is 240 Å². The molecule has 162 valence electrons. The summed E-state index contributed by atoms with van der Waals surface area (Å²) in [4.78, 5) is 4.03. The summed E-state index contributed by atoms with van der Waals surface area (Å²) in [5.74, 6) is 0.610. The fraction of sp³-hybridized carbons (Fsp3) is 0.240. The Morgan fingerprint density at radius 1 is 1.35 bits per heavy atom. The Bertz CT molecular complexity index is 777. The molecule has 0 N–H and O–H groups in total. The zero-order valence-electron chi connectivity index (χ0n) is 18.7. The van der Waals surface area contributed by atoms with E-state index in [4.69, 9.17) is 9.47 Å². The summed E-state index contributed by atoms with van der Waals surface area (Å²) in [6.07, 6.45) is 7.16. The minimum absolute atomic E-state index is 0. The molecule has 2 rings (SSSR count). The van der Waals surface area contributed by atoms with Crippen LogP contribution in [-0.4, -0.2) is 26.0 Å². The van der Waals surface area contributed by atoms with Gasteiger partial charge in [0.2, 0.25) is 0 Å². The van der Waals surface area contributed by atoms with Crippen LogP contribution in [0.25, 0.3) is 0 Å². The van der Waals surface area contributed by atoms with Crippen molar-refractivity contribution in [3.05, 3.63) is 103 Å². The fourth-order valence-electron chi connectivity index (χ4n) is 2.22. The van der Waals surface area contributed by atoms with Crippen LogP contribution in [-0.2, 0) is 22.1 Å². The molecule has 0 spiro atoms. The summed E-state index contributed by atoms with van der Waals surface area (Å²) in [7, 11) is 1.65. The molecule has 0 heterocycles. The van der Waals surface area contributed by atoms with Crippen molar-refractivity contribution in [1.29, 1.82) is 0 Å². The van der Waals surface area contributed by atoms with Crippen molar-refractivity contribution < 1.29 is 82.6 Å². The second-order valence-corrected chi connectivity index (χ2v) is 6.19. The van der Waals surface area contributed by atoms with Crippen LogP contribution in [0.1, 0.15) is 24.5 Å². The van der Waals surface area contributed by atoms with Gasteiger partial charge in [-0.2, -0.15) is 30.2 Å². The normalized spacial score (nSPS) is 11.3. The van der Waals surface area contributed by atoms with E-state index in [0.717, 1.165) is 16.9 Å². The van der Waals surface area contributed by atoms with Gasteiger partial charge in [-0.1, -0.05) is 25.6 Å². The smallest absolute Gasteiger partial charge is 0.522 e. The molecule has 0 saturated carbocycles. The number of methoxy groups -OCH3 is 1. The first kappa shape index (κ1) is 32.5. The topological polar surface area (TPSA) is 30.8 Å². The number of ether oxygens (including phenoxy) is 2. The van der Waals surface area contributed by atoms with Crippen molar-refractivity contribution in [2.45, 2.75) is 26.4 Å². The van der Waals surface area contributed by atoms with Crippen molar-refractivity contribution in [3.63, 3.8) is 0 Å². The molecule has 0 fully saturated rings. The van der Waals surface area contributed by atoms with E-state index >= 15 is 0 Å². The third-order valence-electron chi connectivity index (χ3n) is 3.57. The SMILES string of the molecule is C=CC=N/C=C(\C)CO[C@@H]([CH-]c1[c-]c(C)cc(F)c1)C[CH2-].COc1cc[c-]cc1.[Cr].[K+]. The summed E-state index contributed by atoms with van der Waals surface area (Å²) in [6, 6.07) is 16.2. The molecule has 0 aliphatic carbocycles. The maximum absolute atomic E-state index is 13.3. The minimum Gasteiger partial charge on any atom is -0.522 e. The molecule has 1 atom stereocenters. The molecule has 0 saturated heterocycles. The van der Waals surface area contributed by atoms with Crippen LogP contribution in [0.3, 0.4) is 0 Å². The van der Waals surface area contributed by atoms with Crippen LogP contribution in [0.4, 0.5) is 4.39 Å². The van der Waals surface area contributed by atoms with E-state index in [2.05, 4.69) is 30.6 Å². The second-order valence-electron chi connectivity index (χ2n) is 6.19. The van der Waals surface area contributed by atoms with Crippen molar-refractivity contribution in [2.24, 2.45) is 4.99 Å². The molecule has 2 aromatic rings. The van der Waals surface area contributed by atoms with E-state index in [1.54, 1.807) is 25.6 Å². The molecule has 2 aromatic carbocycles. The van der Waals surface area contributed by atoms with E-state index in [9.17, 15) is 4.39 Å². The van der Waals surface area contributed by atoms with E-state index in [1.165, 1.54) is 12.1 Å². The van der Waals surface area contributed by atoms with Gasteiger partial charge < -0.3 is 28.0 Å². The van der Waals surface area contributed by atoms with Gasteiger partial charge in [0.25, 0.3) is 0 Å². The van der Waals surface area contributed by atoms with E-state index in [1.807, 2.05) is 44.5 Å². The van der Waals surface area contributed by atoms with Gasteiger partial charge in [0.15, 0.2) is 0 Å². The van der Waals surface area contributed by atoms with Crippen molar-refractivity contribution in [3.8, 4) is 5.75 Å². The maximum atomic E-state index is 13.3. The number of aliphatic imine (C=N–C) groups is 1. The third kappa shape index (κ3) is 15.7. The van der Waals surface area contributed by atoms with Crippen molar-refractivity contribution in [1.82, 2.24) is 0 Å². The van der Waals surface area contributed by atoms with Gasteiger partial charge in [-0.15, -0.1) is 12.1 Å². The molecular weight excluding hydrogens is 456 g/mol. The number of aryl methyl sites for hydroxylation is 1. The van der Waals surface area contributed by atoms with Gasteiger partial charge in [-0.3, -0.25) is 11.4 Å². The monoisotopic (exact) mass is 484 g/mol. The molecule has 3 nitrogen and oxygen atoms in total. The van der Waals surface area contributed by atoms with Crippen molar-refractivity contribution in [2.75, 3.05) is 13.7 Å². The molecule has 6 heteroatoms. The van der Waals surface area contributed by atoms with Gasteiger partial charge in [-0.25, -0.2) is 10.5 Å². The first-order chi connectivity index (χ1) is 14.0. The zero-order valence-corrected chi connectivity index (χ0v) is 23.1. The number of halogens is 1. The van der Waals surface area contributed by atoms with E-state index < -0.39 is 0 Å². The Balaban J connectivity index is 0. The molecule has 0 aromatic heterocycles. The van der Waals surface area contributed by atoms with Gasteiger partial charge in [-0.05, 0) is 18.6 Å². The summed E-state index contributed by atoms with van der Waals surface area (Å²) in [6.45, 7) is 11.6. The molecule has 0 aliphatic heterocycles. The van der Waals surface area contributed by atoms with Crippen LogP contribution >= 0.6 is 0 Å². The Morgan fingerprint density at radius 3 is 2.55 bits per heavy atom. The Kier molecular flexibility index (Phi) is 20.9. The molecule has 0 aliphatic rings. The number of hydrogen-bond donors (Lipinski definition) is 0. The minimum atomic E-state index is -0.268. The third-order valence-corrected chi connectivity index (χ3v) is 3.57. The molecule has 31 heavy (non-hydrogen) atoms. The number of benzene rings is 2. The molecular formula is C25H28CrFKNO2-3. The average molecular weight is 485 g/mol. The zero-order chi connectivity index (χ0) is 21.5. The van der Waals surface area contributed by atoms with Crippen LogP contribution in [0.15, 0.2) is 65.8 Å². The van der Waals surface area contributed by atoms with Gasteiger partial charge in [0.05, 0.1) is 13.7 Å². The quantitative estimate of drug-likeness (QED) is 0.311. The Hall–Kier alpha value is -0.681. The standard InChI is InChI=1S/C18H21FNO.C7H7O.Cr.K/c1-5-7-20-12-15(4)13-21-18(6-2)11-16-8-14(3)9-17(19)10-16;1-8-7-5-3-2-4-6-7;;/h5,7,9-12,18H,1-2,6,13H2,3-4H3;3-6H,1H3;;/q-3;-1;;+1/b15-12+,20-7?;;;/t18-;;;/m1.../s1. The van der Waals surface area contributed by atoms with Gasteiger partial charge in [0, 0.05) is 41.3 Å². The summed E-state index contributed by atoms with van der Waals surface area (Å²) in [5.41, 5.74) is 2.44. The van der Waals surface area contributed by atoms with Crippen LogP contribution in [0.2, 0.25) is 0 Å². The summed E-state index contributed by atoms with van der Waals surface area (Å²) >= 11 is 0. The van der Waals surface area contributed by atoms with Gasteiger partial charge >= 0.3 is 51.4 Å². The second kappa shape index (κ2) is 20.0. The summed E-state index contributed by atoms with van der Waals surface area (Å²) < 4.78 is 24.0. The fourth-order valence-corrected chi connectivity index (χ4v) is 2.22. The summed E-state index contributed by atoms with van der Waals surface area (Å²) in [5, 5.41) is 0. The van der Waals surface area contributed by atoms with Crippen molar-refractivity contribution >= 4 is 6.21 Å². The molecule has 0 amide bonds. The van der Waals surface area contributed by atoms with E-state index in [-0.39, 0.29) is 80.7 Å². The number of nitrogens with zero attached hydrogens (tertiary/aromatic N) is 1. The number of hydrogen-bond acceptors (Lipinski definition) is 3. The predicted octanol–water partition coefficient (Wildman–Crippen LogP) is 2.75.